The molecule has 132 valence electrons. The number of fused-ring (bicyclic) bond motifs is 1. The predicted molar refractivity (Wildman–Crippen MR) is 92.0 cm³/mol. The summed E-state index contributed by atoms with van der Waals surface area (Å²) in [7, 11) is 0. The zero-order valence-electron chi connectivity index (χ0n) is 14.1. The molecule has 2 aromatic heterocycles. The van der Waals surface area contributed by atoms with Crippen molar-refractivity contribution >= 4 is 5.95 Å². The third-order valence-corrected chi connectivity index (χ3v) is 5.23. The van der Waals surface area contributed by atoms with Crippen LogP contribution in [0.1, 0.15) is 55.8 Å². The fourth-order valence-corrected chi connectivity index (χ4v) is 3.87. The first kappa shape index (κ1) is 16.2. The van der Waals surface area contributed by atoms with Gasteiger partial charge in [-0.15, -0.1) is 0 Å². The third kappa shape index (κ3) is 3.55. The summed E-state index contributed by atoms with van der Waals surface area (Å²) in [6.07, 6.45) is 10.2. The first-order chi connectivity index (χ1) is 12.2. The lowest BCUT2D eigenvalue weighted by Gasteiger charge is -2.30. The number of hydrogen-bond donors (Lipinski definition) is 1. The standard InChI is InChI=1S/C18H22FN5O/c19-13-10-20-18(21-11-13)22-14-5-7-15(8-6-14)24-17(25)9-12-3-1-2-4-16(12)23-24/h9-11,14-15H,1-8H2,(H,20,21,22). The smallest absolute Gasteiger partial charge is 0.267 e. The maximum absolute atomic E-state index is 12.9. The summed E-state index contributed by atoms with van der Waals surface area (Å²) in [6, 6.07) is 2.19. The second-order valence-electron chi connectivity index (χ2n) is 6.98. The molecule has 0 unspecified atom stereocenters. The van der Waals surface area contributed by atoms with E-state index in [2.05, 4.69) is 20.4 Å². The number of nitrogens with zero attached hydrogens (tertiary/aromatic N) is 4. The van der Waals surface area contributed by atoms with E-state index in [4.69, 9.17) is 0 Å². The number of anilines is 1. The first-order valence-corrected chi connectivity index (χ1v) is 9.05. The highest BCUT2D eigenvalue weighted by molar-refractivity contribution is 5.25. The van der Waals surface area contributed by atoms with E-state index in [9.17, 15) is 9.18 Å². The largest absolute Gasteiger partial charge is 0.351 e. The Morgan fingerprint density at radius 1 is 1.08 bits per heavy atom. The summed E-state index contributed by atoms with van der Waals surface area (Å²) in [5, 5.41) is 7.92. The van der Waals surface area contributed by atoms with Crippen LogP contribution in [0.25, 0.3) is 0 Å². The van der Waals surface area contributed by atoms with E-state index >= 15 is 0 Å². The molecule has 7 heteroatoms. The Bertz CT molecular complexity index is 796. The maximum atomic E-state index is 12.9. The van der Waals surface area contributed by atoms with Crippen molar-refractivity contribution in [2.24, 2.45) is 0 Å². The van der Waals surface area contributed by atoms with Gasteiger partial charge in [-0.1, -0.05) is 0 Å². The molecule has 1 N–H and O–H groups in total. The highest BCUT2D eigenvalue weighted by Gasteiger charge is 2.25. The average molecular weight is 343 g/mol. The van der Waals surface area contributed by atoms with Gasteiger partial charge in [-0.3, -0.25) is 4.79 Å². The second kappa shape index (κ2) is 6.90. The molecule has 2 heterocycles. The Kier molecular flexibility index (Phi) is 4.46. The number of hydrogen-bond acceptors (Lipinski definition) is 5. The van der Waals surface area contributed by atoms with Crippen molar-refractivity contribution in [3.05, 3.63) is 45.9 Å². The molecular formula is C18H22FN5O. The van der Waals surface area contributed by atoms with Gasteiger partial charge in [-0.25, -0.2) is 19.0 Å². The molecule has 0 saturated heterocycles. The van der Waals surface area contributed by atoms with Gasteiger partial charge >= 0.3 is 0 Å². The highest BCUT2D eigenvalue weighted by atomic mass is 19.1. The average Bonchev–Trinajstić information content (AvgIpc) is 2.64. The second-order valence-corrected chi connectivity index (χ2v) is 6.98. The molecule has 0 aromatic carbocycles. The molecule has 0 bridgehead atoms. The molecule has 2 aliphatic carbocycles. The van der Waals surface area contributed by atoms with E-state index < -0.39 is 5.82 Å². The fraction of sp³-hybridized carbons (Fsp3) is 0.556. The van der Waals surface area contributed by atoms with Gasteiger partial charge in [0.05, 0.1) is 24.1 Å². The molecule has 1 fully saturated rings. The van der Waals surface area contributed by atoms with E-state index in [-0.39, 0.29) is 17.6 Å². The van der Waals surface area contributed by atoms with Crippen LogP contribution in [0.2, 0.25) is 0 Å². The molecule has 0 atom stereocenters. The van der Waals surface area contributed by atoms with Crippen molar-refractivity contribution in [2.45, 2.75) is 63.5 Å². The van der Waals surface area contributed by atoms with E-state index in [1.165, 1.54) is 0 Å². The topological polar surface area (TPSA) is 72.7 Å². The van der Waals surface area contributed by atoms with E-state index in [1.807, 2.05) is 0 Å². The molecule has 2 aromatic rings. The van der Waals surface area contributed by atoms with Crippen molar-refractivity contribution in [1.29, 1.82) is 0 Å². The number of aryl methyl sites for hydroxylation is 2. The minimum atomic E-state index is -0.438. The van der Waals surface area contributed by atoms with E-state index in [0.29, 0.717) is 5.95 Å². The predicted octanol–water partition coefficient (Wildman–Crippen LogP) is 2.65. The summed E-state index contributed by atoms with van der Waals surface area (Å²) in [5.41, 5.74) is 2.26. The Morgan fingerprint density at radius 2 is 1.80 bits per heavy atom. The molecule has 0 spiro atoms. The first-order valence-electron chi connectivity index (χ1n) is 9.05. The molecule has 0 aliphatic heterocycles. The van der Waals surface area contributed by atoms with Crippen molar-refractivity contribution in [3.8, 4) is 0 Å². The van der Waals surface area contributed by atoms with Crippen molar-refractivity contribution in [3.63, 3.8) is 0 Å². The van der Waals surface area contributed by atoms with Crippen molar-refractivity contribution < 1.29 is 4.39 Å². The molecule has 25 heavy (non-hydrogen) atoms. The van der Waals surface area contributed by atoms with Crippen LogP contribution in [0.15, 0.2) is 23.3 Å². The van der Waals surface area contributed by atoms with Crippen LogP contribution in [-0.2, 0) is 12.8 Å². The molecule has 0 radical (unpaired) electrons. The van der Waals surface area contributed by atoms with Crippen LogP contribution < -0.4 is 10.9 Å². The van der Waals surface area contributed by atoms with Gasteiger partial charge in [0, 0.05) is 12.1 Å². The van der Waals surface area contributed by atoms with Crippen LogP contribution in [0, 0.1) is 5.82 Å². The fourth-order valence-electron chi connectivity index (χ4n) is 3.87. The van der Waals surface area contributed by atoms with Crippen molar-refractivity contribution in [1.82, 2.24) is 19.7 Å². The summed E-state index contributed by atoms with van der Waals surface area (Å²) in [4.78, 5) is 20.3. The normalized spacial score (nSPS) is 23.1. The molecular weight excluding hydrogens is 321 g/mol. The lowest BCUT2D eigenvalue weighted by Crippen LogP contribution is -2.34. The quantitative estimate of drug-likeness (QED) is 0.927. The lowest BCUT2D eigenvalue weighted by atomic mass is 9.91. The summed E-state index contributed by atoms with van der Waals surface area (Å²) >= 11 is 0. The Morgan fingerprint density at radius 3 is 2.56 bits per heavy atom. The molecule has 2 aliphatic rings. The summed E-state index contributed by atoms with van der Waals surface area (Å²) in [6.45, 7) is 0. The minimum Gasteiger partial charge on any atom is -0.351 e. The van der Waals surface area contributed by atoms with Crippen LogP contribution in [-0.4, -0.2) is 25.8 Å². The van der Waals surface area contributed by atoms with Gasteiger partial charge in [0.15, 0.2) is 5.82 Å². The lowest BCUT2D eigenvalue weighted by molar-refractivity contribution is 0.300. The van der Waals surface area contributed by atoms with Gasteiger partial charge in [0.1, 0.15) is 0 Å². The summed E-state index contributed by atoms with van der Waals surface area (Å²) in [5.74, 6) is 0.0149. The van der Waals surface area contributed by atoms with Crippen LogP contribution in [0.3, 0.4) is 0 Å². The highest BCUT2D eigenvalue weighted by Crippen LogP contribution is 2.29. The Labute approximate surface area is 145 Å². The molecule has 0 amide bonds. The third-order valence-electron chi connectivity index (χ3n) is 5.23. The van der Waals surface area contributed by atoms with Crippen molar-refractivity contribution in [2.75, 3.05) is 5.32 Å². The van der Waals surface area contributed by atoms with Crippen LogP contribution in [0.4, 0.5) is 10.3 Å². The number of nitrogens with one attached hydrogen (secondary N) is 1. The molecule has 1 saturated carbocycles. The minimum absolute atomic E-state index is 0.0268. The van der Waals surface area contributed by atoms with Gasteiger partial charge in [0.25, 0.3) is 5.56 Å². The van der Waals surface area contributed by atoms with E-state index in [1.54, 1.807) is 10.7 Å². The number of aromatic nitrogens is 4. The van der Waals surface area contributed by atoms with E-state index in [0.717, 1.165) is 75.0 Å². The van der Waals surface area contributed by atoms with Gasteiger partial charge in [-0.2, -0.15) is 5.10 Å². The monoisotopic (exact) mass is 343 g/mol. The van der Waals surface area contributed by atoms with Gasteiger partial charge < -0.3 is 5.32 Å². The zero-order valence-corrected chi connectivity index (χ0v) is 14.1. The van der Waals surface area contributed by atoms with Gasteiger partial charge in [-0.05, 0) is 56.9 Å². The Balaban J connectivity index is 1.42. The molecule has 4 rings (SSSR count). The summed E-state index contributed by atoms with van der Waals surface area (Å²) < 4.78 is 14.6. The maximum Gasteiger partial charge on any atom is 0.267 e. The number of rotatable bonds is 3. The van der Waals surface area contributed by atoms with Crippen LogP contribution >= 0.6 is 0 Å². The zero-order chi connectivity index (χ0) is 17.2. The SMILES string of the molecule is O=c1cc2c(nn1C1CCC(Nc3ncc(F)cn3)CC1)CCCC2. The molecule has 6 nitrogen and oxygen atoms in total. The number of halogens is 1. The van der Waals surface area contributed by atoms with Crippen LogP contribution in [0.5, 0.6) is 0 Å². The Hall–Kier alpha value is -2.31. The van der Waals surface area contributed by atoms with Gasteiger partial charge in [0.2, 0.25) is 5.95 Å².